The highest BCUT2D eigenvalue weighted by atomic mass is 16.5. The lowest BCUT2D eigenvalue weighted by Gasteiger charge is -2.10. The molecular formula is C16H15NO5. The maximum atomic E-state index is 11.7. The second-order valence-electron chi connectivity index (χ2n) is 4.41. The molecule has 22 heavy (non-hydrogen) atoms. The van der Waals surface area contributed by atoms with E-state index in [2.05, 4.69) is 5.32 Å². The first-order valence-electron chi connectivity index (χ1n) is 6.49. The SMILES string of the molecule is COc1cc(NC(=O)OCc2ccccc2)ccc1C(=O)O. The number of hydrogen-bond donors (Lipinski definition) is 2. The molecule has 114 valence electrons. The van der Waals surface area contributed by atoms with Gasteiger partial charge in [-0.1, -0.05) is 30.3 Å². The van der Waals surface area contributed by atoms with Crippen LogP contribution in [0.25, 0.3) is 0 Å². The molecule has 0 aromatic heterocycles. The average molecular weight is 301 g/mol. The Bertz CT molecular complexity index is 669. The van der Waals surface area contributed by atoms with Gasteiger partial charge in [-0.25, -0.2) is 9.59 Å². The Morgan fingerprint density at radius 3 is 2.50 bits per heavy atom. The van der Waals surface area contributed by atoms with Crippen molar-refractivity contribution in [1.29, 1.82) is 0 Å². The third-order valence-corrected chi connectivity index (χ3v) is 2.89. The standard InChI is InChI=1S/C16H15NO5/c1-21-14-9-12(7-8-13(14)15(18)19)17-16(20)22-10-11-5-3-2-4-6-11/h2-9H,10H2,1H3,(H,17,20)(H,18,19). The normalized spacial score (nSPS) is 9.86. The number of benzene rings is 2. The summed E-state index contributed by atoms with van der Waals surface area (Å²) in [7, 11) is 1.36. The first kappa shape index (κ1) is 15.4. The summed E-state index contributed by atoms with van der Waals surface area (Å²) >= 11 is 0. The molecule has 1 amide bonds. The van der Waals surface area contributed by atoms with Gasteiger partial charge in [0.2, 0.25) is 0 Å². The molecule has 0 bridgehead atoms. The van der Waals surface area contributed by atoms with Crippen LogP contribution in [-0.2, 0) is 11.3 Å². The van der Waals surface area contributed by atoms with Crippen LogP contribution < -0.4 is 10.1 Å². The van der Waals surface area contributed by atoms with Gasteiger partial charge in [0.05, 0.1) is 7.11 Å². The van der Waals surface area contributed by atoms with Gasteiger partial charge in [-0.05, 0) is 17.7 Å². The number of hydrogen-bond acceptors (Lipinski definition) is 4. The molecule has 6 nitrogen and oxygen atoms in total. The van der Waals surface area contributed by atoms with Gasteiger partial charge in [0.1, 0.15) is 17.9 Å². The summed E-state index contributed by atoms with van der Waals surface area (Å²) in [6.45, 7) is 0.150. The monoisotopic (exact) mass is 301 g/mol. The van der Waals surface area contributed by atoms with Crippen molar-refractivity contribution in [3.63, 3.8) is 0 Å². The van der Waals surface area contributed by atoms with Gasteiger partial charge in [0, 0.05) is 11.8 Å². The Labute approximate surface area is 127 Å². The van der Waals surface area contributed by atoms with Crippen LogP contribution in [0.3, 0.4) is 0 Å². The van der Waals surface area contributed by atoms with E-state index in [4.69, 9.17) is 14.6 Å². The fourth-order valence-corrected chi connectivity index (χ4v) is 1.82. The number of amides is 1. The van der Waals surface area contributed by atoms with Crippen molar-refractivity contribution in [3.8, 4) is 5.75 Å². The molecule has 0 heterocycles. The summed E-state index contributed by atoms with van der Waals surface area (Å²) in [5.74, 6) is -0.941. The number of ether oxygens (including phenoxy) is 2. The average Bonchev–Trinajstić information content (AvgIpc) is 2.53. The molecule has 6 heteroatoms. The lowest BCUT2D eigenvalue weighted by Crippen LogP contribution is -2.14. The van der Waals surface area contributed by atoms with Crippen LogP contribution in [0, 0.1) is 0 Å². The van der Waals surface area contributed by atoms with E-state index in [1.54, 1.807) is 0 Å². The van der Waals surface area contributed by atoms with Gasteiger partial charge in [-0.2, -0.15) is 0 Å². The summed E-state index contributed by atoms with van der Waals surface area (Å²) in [6, 6.07) is 13.5. The summed E-state index contributed by atoms with van der Waals surface area (Å²) in [5.41, 5.74) is 1.28. The van der Waals surface area contributed by atoms with E-state index in [9.17, 15) is 9.59 Å². The fourth-order valence-electron chi connectivity index (χ4n) is 1.82. The molecule has 2 rings (SSSR count). The molecule has 0 aliphatic carbocycles. The van der Waals surface area contributed by atoms with E-state index in [1.807, 2.05) is 30.3 Å². The highest BCUT2D eigenvalue weighted by Crippen LogP contribution is 2.23. The van der Waals surface area contributed by atoms with Crippen molar-refractivity contribution in [2.24, 2.45) is 0 Å². The molecule has 0 unspecified atom stereocenters. The van der Waals surface area contributed by atoms with Gasteiger partial charge in [-0.15, -0.1) is 0 Å². The van der Waals surface area contributed by atoms with Crippen LogP contribution in [0.4, 0.5) is 10.5 Å². The van der Waals surface area contributed by atoms with Crippen molar-refractivity contribution in [3.05, 3.63) is 59.7 Å². The van der Waals surface area contributed by atoms with Gasteiger partial charge in [0.25, 0.3) is 0 Å². The van der Waals surface area contributed by atoms with Crippen LogP contribution in [0.1, 0.15) is 15.9 Å². The number of aromatic carboxylic acids is 1. The van der Waals surface area contributed by atoms with Gasteiger partial charge < -0.3 is 14.6 Å². The Hall–Kier alpha value is -3.02. The van der Waals surface area contributed by atoms with E-state index < -0.39 is 12.1 Å². The number of methoxy groups -OCH3 is 1. The van der Waals surface area contributed by atoms with Crippen molar-refractivity contribution in [1.82, 2.24) is 0 Å². The van der Waals surface area contributed by atoms with Crippen LogP contribution in [0.15, 0.2) is 48.5 Å². The minimum Gasteiger partial charge on any atom is -0.496 e. The summed E-state index contributed by atoms with van der Waals surface area (Å²) in [4.78, 5) is 22.7. The molecule has 0 saturated carbocycles. The molecule has 2 N–H and O–H groups in total. The van der Waals surface area contributed by atoms with Crippen molar-refractivity contribution in [2.45, 2.75) is 6.61 Å². The Kier molecular flexibility index (Phi) is 4.98. The number of nitrogens with one attached hydrogen (secondary N) is 1. The molecule has 0 fully saturated rings. The van der Waals surface area contributed by atoms with E-state index >= 15 is 0 Å². The lowest BCUT2D eigenvalue weighted by molar-refractivity contribution is 0.0693. The lowest BCUT2D eigenvalue weighted by atomic mass is 10.2. The molecule has 2 aromatic carbocycles. The van der Waals surface area contributed by atoms with E-state index in [0.717, 1.165) is 5.56 Å². The molecular weight excluding hydrogens is 286 g/mol. The third kappa shape index (κ3) is 3.99. The van der Waals surface area contributed by atoms with E-state index in [-0.39, 0.29) is 17.9 Å². The van der Waals surface area contributed by atoms with Crippen molar-refractivity contribution < 1.29 is 24.2 Å². The Balaban J connectivity index is 1.98. The molecule has 0 saturated heterocycles. The zero-order valence-corrected chi connectivity index (χ0v) is 11.9. The first-order valence-corrected chi connectivity index (χ1v) is 6.49. The molecule has 0 aliphatic rings. The maximum Gasteiger partial charge on any atom is 0.411 e. The number of carboxylic acid groups (broad SMARTS) is 1. The predicted molar refractivity (Wildman–Crippen MR) is 80.2 cm³/mol. The molecule has 0 spiro atoms. The smallest absolute Gasteiger partial charge is 0.411 e. The van der Waals surface area contributed by atoms with E-state index in [0.29, 0.717) is 5.69 Å². The van der Waals surface area contributed by atoms with Crippen molar-refractivity contribution in [2.75, 3.05) is 12.4 Å². The van der Waals surface area contributed by atoms with Gasteiger partial charge >= 0.3 is 12.1 Å². The highest BCUT2D eigenvalue weighted by Gasteiger charge is 2.12. The van der Waals surface area contributed by atoms with Crippen LogP contribution in [0.5, 0.6) is 5.75 Å². The van der Waals surface area contributed by atoms with Crippen LogP contribution in [0.2, 0.25) is 0 Å². The summed E-state index contributed by atoms with van der Waals surface area (Å²) in [6.07, 6.45) is -0.631. The quantitative estimate of drug-likeness (QED) is 0.886. The summed E-state index contributed by atoms with van der Waals surface area (Å²) in [5, 5.41) is 11.5. The second-order valence-corrected chi connectivity index (χ2v) is 4.41. The first-order chi connectivity index (χ1) is 10.6. The molecule has 0 atom stereocenters. The number of anilines is 1. The Morgan fingerprint density at radius 2 is 1.86 bits per heavy atom. The fraction of sp³-hybridized carbons (Fsp3) is 0.125. The number of carbonyl (C=O) groups is 2. The zero-order valence-electron chi connectivity index (χ0n) is 11.9. The largest absolute Gasteiger partial charge is 0.496 e. The maximum absolute atomic E-state index is 11.7. The van der Waals surface area contributed by atoms with Gasteiger partial charge in [-0.3, -0.25) is 5.32 Å². The number of carbonyl (C=O) groups excluding carboxylic acids is 1. The van der Waals surface area contributed by atoms with Crippen molar-refractivity contribution >= 4 is 17.7 Å². The number of rotatable bonds is 5. The molecule has 0 radical (unpaired) electrons. The summed E-state index contributed by atoms with van der Waals surface area (Å²) < 4.78 is 10.1. The van der Waals surface area contributed by atoms with Crippen LogP contribution >= 0.6 is 0 Å². The molecule has 0 aliphatic heterocycles. The minimum absolute atomic E-state index is 0.0192. The molecule has 2 aromatic rings. The Morgan fingerprint density at radius 1 is 1.14 bits per heavy atom. The third-order valence-electron chi connectivity index (χ3n) is 2.89. The zero-order chi connectivity index (χ0) is 15.9. The van der Waals surface area contributed by atoms with Crippen LogP contribution in [-0.4, -0.2) is 24.3 Å². The predicted octanol–water partition coefficient (Wildman–Crippen LogP) is 3.14. The number of carboxylic acids is 1. The van der Waals surface area contributed by atoms with E-state index in [1.165, 1.54) is 25.3 Å². The highest BCUT2D eigenvalue weighted by molar-refractivity contribution is 5.93. The topological polar surface area (TPSA) is 84.9 Å². The minimum atomic E-state index is -1.10. The second kappa shape index (κ2) is 7.12. The van der Waals surface area contributed by atoms with Gasteiger partial charge in [0.15, 0.2) is 0 Å².